The molecule has 3 aliphatic carbocycles. The minimum absolute atomic E-state index is 0.0448. The van der Waals surface area contributed by atoms with Crippen molar-refractivity contribution in [1.82, 2.24) is 0 Å². The molecule has 1 fully saturated rings. The number of primary amides is 1. The van der Waals surface area contributed by atoms with Crippen LogP contribution in [0.2, 0.25) is 0 Å². The summed E-state index contributed by atoms with van der Waals surface area (Å²) in [7, 11) is 0. The Balaban J connectivity index is 2.20. The number of Topliss-reactive ketones (excluding diaryl/α,β-unsaturated/α-hetero) is 1. The summed E-state index contributed by atoms with van der Waals surface area (Å²) in [6.07, 6.45) is 6.63. The molecule has 0 aromatic rings. The minimum Gasteiger partial charge on any atom is -0.445 e. The number of allylic oxidation sites excluding steroid dienone is 4. The second-order valence-corrected chi connectivity index (χ2v) is 8.94. The van der Waals surface area contributed by atoms with Crippen molar-refractivity contribution in [3.05, 3.63) is 34.9 Å². The highest BCUT2D eigenvalue weighted by Gasteiger charge is 2.64. The van der Waals surface area contributed by atoms with Gasteiger partial charge in [-0.05, 0) is 51.5 Å². The first-order chi connectivity index (χ1) is 12.5. The fourth-order valence-corrected chi connectivity index (χ4v) is 6.34. The maximum Gasteiger partial charge on any atom is 0.404 e. The normalized spacial score (nSPS) is 41.4. The van der Waals surface area contributed by atoms with Gasteiger partial charge in [-0.15, -0.1) is 0 Å². The van der Waals surface area contributed by atoms with Crippen molar-refractivity contribution in [2.45, 2.75) is 53.1 Å². The fourth-order valence-electron chi connectivity index (χ4n) is 6.34. The molecule has 0 saturated heterocycles. The zero-order chi connectivity index (χ0) is 20.1. The molecule has 6 atom stereocenters. The van der Waals surface area contributed by atoms with Crippen molar-refractivity contribution in [2.24, 2.45) is 34.8 Å². The molecule has 0 aromatic heterocycles. The second-order valence-electron chi connectivity index (χ2n) is 8.94. The van der Waals surface area contributed by atoms with Gasteiger partial charge in [0.15, 0.2) is 5.78 Å². The topological polar surface area (TPSA) is 89.6 Å². The first kappa shape index (κ1) is 19.9. The minimum atomic E-state index is -1.09. The average molecular weight is 373 g/mol. The molecule has 0 spiro atoms. The van der Waals surface area contributed by atoms with Crippen LogP contribution in [0.15, 0.2) is 34.9 Å². The van der Waals surface area contributed by atoms with Gasteiger partial charge < -0.3 is 15.6 Å². The Labute approximate surface area is 161 Å². The van der Waals surface area contributed by atoms with E-state index in [0.29, 0.717) is 17.9 Å². The van der Waals surface area contributed by atoms with Crippen LogP contribution in [0.1, 0.15) is 47.5 Å². The highest BCUT2D eigenvalue weighted by atomic mass is 16.5. The van der Waals surface area contributed by atoms with Crippen LogP contribution in [0, 0.1) is 29.1 Å². The molecule has 1 saturated carbocycles. The van der Waals surface area contributed by atoms with E-state index in [4.69, 9.17) is 10.5 Å². The molecule has 1 amide bonds. The van der Waals surface area contributed by atoms with Gasteiger partial charge in [0.1, 0.15) is 6.61 Å². The predicted molar refractivity (Wildman–Crippen MR) is 104 cm³/mol. The summed E-state index contributed by atoms with van der Waals surface area (Å²) in [6.45, 7) is 10.0. The van der Waals surface area contributed by atoms with Gasteiger partial charge in [0.25, 0.3) is 0 Å². The number of carbonyl (C=O) groups excluding carboxylic acids is 2. The van der Waals surface area contributed by atoms with E-state index in [2.05, 4.69) is 19.9 Å². The lowest BCUT2D eigenvalue weighted by Crippen LogP contribution is -2.63. The molecule has 0 bridgehead atoms. The molecule has 3 aliphatic rings. The van der Waals surface area contributed by atoms with Crippen LogP contribution in [0.5, 0.6) is 0 Å². The molecule has 148 valence electrons. The van der Waals surface area contributed by atoms with E-state index in [-0.39, 0.29) is 30.1 Å². The van der Waals surface area contributed by atoms with Gasteiger partial charge in [-0.3, -0.25) is 4.79 Å². The summed E-state index contributed by atoms with van der Waals surface area (Å²) in [5, 5.41) is 11.7. The Morgan fingerprint density at radius 1 is 1.48 bits per heavy atom. The fraction of sp³-hybridized carbons (Fsp3) is 0.636. The Hall–Kier alpha value is -1.88. The van der Waals surface area contributed by atoms with E-state index in [0.717, 1.165) is 12.0 Å². The van der Waals surface area contributed by atoms with Crippen molar-refractivity contribution in [2.75, 3.05) is 6.61 Å². The van der Waals surface area contributed by atoms with Crippen LogP contribution in [0.4, 0.5) is 4.79 Å². The van der Waals surface area contributed by atoms with Crippen LogP contribution in [0.3, 0.4) is 0 Å². The quantitative estimate of drug-likeness (QED) is 0.741. The number of carbonyl (C=O) groups is 2. The van der Waals surface area contributed by atoms with Gasteiger partial charge in [0, 0.05) is 22.8 Å². The number of hydrogen-bond acceptors (Lipinski definition) is 4. The lowest BCUT2D eigenvalue weighted by Gasteiger charge is -2.60. The van der Waals surface area contributed by atoms with Crippen LogP contribution < -0.4 is 5.73 Å². The second kappa shape index (κ2) is 6.62. The van der Waals surface area contributed by atoms with Gasteiger partial charge in [0.05, 0.1) is 5.60 Å². The lowest BCUT2D eigenvalue weighted by atomic mass is 9.44. The maximum atomic E-state index is 13.7. The number of ketones is 1. The molecule has 0 aromatic carbocycles. The monoisotopic (exact) mass is 373 g/mol. The highest BCUT2D eigenvalue weighted by molar-refractivity contribution is 6.02. The number of amides is 1. The summed E-state index contributed by atoms with van der Waals surface area (Å²) < 4.78 is 4.94. The summed E-state index contributed by atoms with van der Waals surface area (Å²) in [5.41, 5.74) is 5.90. The summed E-state index contributed by atoms with van der Waals surface area (Å²) in [5.74, 6) is 0.190. The van der Waals surface area contributed by atoms with Crippen LogP contribution in [0.25, 0.3) is 0 Å². The third-order valence-electron chi connectivity index (χ3n) is 6.98. The Morgan fingerprint density at radius 2 is 2.15 bits per heavy atom. The third-order valence-corrected chi connectivity index (χ3v) is 6.98. The van der Waals surface area contributed by atoms with E-state index in [1.54, 1.807) is 6.08 Å². The molecule has 27 heavy (non-hydrogen) atoms. The Kier molecular flexibility index (Phi) is 4.87. The van der Waals surface area contributed by atoms with Crippen molar-refractivity contribution < 1.29 is 19.4 Å². The molecule has 5 nitrogen and oxygen atoms in total. The predicted octanol–water partition coefficient (Wildman–Crippen LogP) is 3.53. The van der Waals surface area contributed by atoms with Crippen molar-refractivity contribution in [3.63, 3.8) is 0 Å². The smallest absolute Gasteiger partial charge is 0.404 e. The average Bonchev–Trinajstić information content (AvgIpc) is 2.55. The first-order valence-electron chi connectivity index (χ1n) is 9.76. The lowest BCUT2D eigenvalue weighted by molar-refractivity contribution is -0.155. The molecule has 3 N–H and O–H groups in total. The van der Waals surface area contributed by atoms with Gasteiger partial charge in [-0.1, -0.05) is 37.1 Å². The largest absolute Gasteiger partial charge is 0.445 e. The van der Waals surface area contributed by atoms with Gasteiger partial charge in [-0.25, -0.2) is 4.79 Å². The van der Waals surface area contributed by atoms with Crippen molar-refractivity contribution in [3.8, 4) is 0 Å². The SMILES string of the molecule is CC=C(C)C1C(C)=CC2CC(C)CC3(O)C=C(COC(N)=O)C(=O)C1(C)C23. The number of hydrogen-bond donors (Lipinski definition) is 2. The molecule has 0 heterocycles. The van der Waals surface area contributed by atoms with E-state index in [1.807, 2.05) is 26.8 Å². The molecule has 0 aliphatic heterocycles. The zero-order valence-electron chi connectivity index (χ0n) is 16.9. The zero-order valence-corrected chi connectivity index (χ0v) is 16.9. The van der Waals surface area contributed by atoms with E-state index < -0.39 is 17.1 Å². The van der Waals surface area contributed by atoms with Gasteiger partial charge in [0.2, 0.25) is 0 Å². The number of aliphatic hydroxyl groups is 1. The molecule has 0 radical (unpaired) electrons. The van der Waals surface area contributed by atoms with Crippen molar-refractivity contribution >= 4 is 11.9 Å². The first-order valence-corrected chi connectivity index (χ1v) is 9.76. The Morgan fingerprint density at radius 3 is 2.74 bits per heavy atom. The summed E-state index contributed by atoms with van der Waals surface area (Å²) in [6, 6.07) is 0. The summed E-state index contributed by atoms with van der Waals surface area (Å²) in [4.78, 5) is 24.8. The van der Waals surface area contributed by atoms with E-state index in [9.17, 15) is 14.7 Å². The highest BCUT2D eigenvalue weighted by Crippen LogP contribution is 2.62. The molecular weight excluding hydrogens is 342 g/mol. The molecular formula is C22H31NO4. The molecule has 5 heteroatoms. The number of rotatable bonds is 3. The van der Waals surface area contributed by atoms with Gasteiger partial charge >= 0.3 is 6.09 Å². The van der Waals surface area contributed by atoms with Crippen molar-refractivity contribution in [1.29, 1.82) is 0 Å². The summed E-state index contributed by atoms with van der Waals surface area (Å²) >= 11 is 0. The Bertz CT molecular complexity index is 764. The van der Waals surface area contributed by atoms with E-state index in [1.165, 1.54) is 5.57 Å². The van der Waals surface area contributed by atoms with Crippen LogP contribution in [-0.4, -0.2) is 29.2 Å². The third kappa shape index (κ3) is 2.96. The molecule has 6 unspecified atom stereocenters. The maximum absolute atomic E-state index is 13.7. The van der Waals surface area contributed by atoms with Crippen LogP contribution >= 0.6 is 0 Å². The number of ether oxygens (including phenoxy) is 1. The molecule has 3 rings (SSSR count). The van der Waals surface area contributed by atoms with Gasteiger partial charge in [-0.2, -0.15) is 0 Å². The number of nitrogens with two attached hydrogens (primary N) is 1. The van der Waals surface area contributed by atoms with E-state index >= 15 is 0 Å². The standard InChI is InChI=1S/C22H31NO4/c1-6-13(3)17-14(4)8-15-7-12(2)9-22(26)10-16(11-27-20(23)25)19(24)21(17,5)18(15)22/h6,8,10,12,15,17-18,26H,7,9,11H2,1-5H3,(H2,23,25). The van der Waals surface area contributed by atoms with Crippen LogP contribution in [-0.2, 0) is 9.53 Å².